The predicted octanol–water partition coefficient (Wildman–Crippen LogP) is 1.89. The summed E-state index contributed by atoms with van der Waals surface area (Å²) >= 11 is 5.17. The van der Waals surface area contributed by atoms with E-state index in [1.54, 1.807) is 11.0 Å². The monoisotopic (exact) mass is 219 g/mol. The van der Waals surface area contributed by atoms with Crippen LogP contribution in [0.15, 0.2) is 24.3 Å². The Bertz CT molecular complexity index is 395. The van der Waals surface area contributed by atoms with Crippen molar-refractivity contribution in [1.82, 2.24) is 5.32 Å². The van der Waals surface area contributed by atoms with Gasteiger partial charge in [-0.15, -0.1) is 0 Å². The molecule has 0 atom stereocenters. The van der Waals surface area contributed by atoms with Gasteiger partial charge in [0.15, 0.2) is 5.11 Å². The molecule has 0 aromatic heterocycles. The van der Waals surface area contributed by atoms with Gasteiger partial charge < -0.3 is 10.2 Å². The van der Waals surface area contributed by atoms with E-state index in [0.29, 0.717) is 10.7 Å². The maximum atomic E-state index is 8.94. The molecule has 0 amide bonds. The highest BCUT2D eigenvalue weighted by atomic mass is 32.1. The van der Waals surface area contributed by atoms with Crippen molar-refractivity contribution in [2.24, 2.45) is 0 Å². The third kappa shape index (κ3) is 2.67. The molecule has 0 bridgehead atoms. The lowest BCUT2D eigenvalue weighted by Gasteiger charge is -2.21. The number of hydrogen-bond donors (Lipinski definition) is 1. The SMILES string of the molecule is CCNC(=S)N(C)c1ccccc1C#N. The van der Waals surface area contributed by atoms with E-state index in [9.17, 15) is 0 Å². The van der Waals surface area contributed by atoms with Crippen LogP contribution in [0, 0.1) is 11.3 Å². The molecule has 0 aliphatic heterocycles. The topological polar surface area (TPSA) is 39.1 Å². The molecule has 3 nitrogen and oxygen atoms in total. The molecule has 0 aliphatic carbocycles. The third-order valence-corrected chi connectivity index (χ3v) is 2.44. The second-order valence-corrected chi connectivity index (χ2v) is 3.41. The van der Waals surface area contributed by atoms with Crippen molar-refractivity contribution in [1.29, 1.82) is 5.26 Å². The maximum absolute atomic E-state index is 8.94. The number of nitriles is 1. The van der Waals surface area contributed by atoms with Crippen LogP contribution in [-0.2, 0) is 0 Å². The normalized spacial score (nSPS) is 9.13. The van der Waals surface area contributed by atoms with Crippen molar-refractivity contribution in [2.45, 2.75) is 6.92 Å². The molecule has 4 heteroatoms. The highest BCUT2D eigenvalue weighted by molar-refractivity contribution is 7.80. The zero-order valence-electron chi connectivity index (χ0n) is 8.82. The Balaban J connectivity index is 2.96. The summed E-state index contributed by atoms with van der Waals surface area (Å²) in [6, 6.07) is 9.53. The Morgan fingerprint density at radius 2 is 2.20 bits per heavy atom. The summed E-state index contributed by atoms with van der Waals surface area (Å²) in [7, 11) is 1.85. The second kappa shape index (κ2) is 5.32. The first-order valence-corrected chi connectivity index (χ1v) is 5.12. The molecule has 0 radical (unpaired) electrons. The summed E-state index contributed by atoms with van der Waals surface area (Å²) in [6.07, 6.45) is 0. The Morgan fingerprint density at radius 3 is 2.80 bits per heavy atom. The van der Waals surface area contributed by atoms with Gasteiger partial charge >= 0.3 is 0 Å². The molecule has 1 aromatic carbocycles. The summed E-state index contributed by atoms with van der Waals surface area (Å²) in [6.45, 7) is 2.76. The predicted molar refractivity (Wildman–Crippen MR) is 65.8 cm³/mol. The quantitative estimate of drug-likeness (QED) is 0.771. The molecular formula is C11H13N3S. The Hall–Kier alpha value is -1.60. The molecular weight excluding hydrogens is 206 g/mol. The smallest absolute Gasteiger partial charge is 0.173 e. The zero-order chi connectivity index (χ0) is 11.3. The van der Waals surface area contributed by atoms with E-state index in [1.807, 2.05) is 32.2 Å². The largest absolute Gasteiger partial charge is 0.363 e. The van der Waals surface area contributed by atoms with Crippen LogP contribution in [0.5, 0.6) is 0 Å². The highest BCUT2D eigenvalue weighted by Crippen LogP contribution is 2.17. The van der Waals surface area contributed by atoms with Crippen LogP contribution in [0.3, 0.4) is 0 Å². The fourth-order valence-electron chi connectivity index (χ4n) is 1.24. The van der Waals surface area contributed by atoms with Crippen molar-refractivity contribution in [3.05, 3.63) is 29.8 Å². The van der Waals surface area contributed by atoms with Crippen LogP contribution in [0.25, 0.3) is 0 Å². The lowest BCUT2D eigenvalue weighted by molar-refractivity contribution is 0.956. The molecule has 0 unspecified atom stereocenters. The molecule has 0 aliphatic rings. The second-order valence-electron chi connectivity index (χ2n) is 3.02. The summed E-state index contributed by atoms with van der Waals surface area (Å²) in [5.41, 5.74) is 1.45. The number of para-hydroxylation sites is 1. The Morgan fingerprint density at radius 1 is 1.53 bits per heavy atom. The first kappa shape index (κ1) is 11.5. The number of anilines is 1. The Kier molecular flexibility index (Phi) is 4.07. The van der Waals surface area contributed by atoms with E-state index in [0.717, 1.165) is 12.2 Å². The van der Waals surface area contributed by atoms with E-state index >= 15 is 0 Å². The van der Waals surface area contributed by atoms with E-state index < -0.39 is 0 Å². The van der Waals surface area contributed by atoms with Gasteiger partial charge in [-0.05, 0) is 31.3 Å². The average molecular weight is 219 g/mol. The van der Waals surface area contributed by atoms with Crippen molar-refractivity contribution in [3.63, 3.8) is 0 Å². The van der Waals surface area contributed by atoms with Gasteiger partial charge in [-0.1, -0.05) is 12.1 Å². The molecule has 15 heavy (non-hydrogen) atoms. The molecule has 0 saturated carbocycles. The lowest BCUT2D eigenvalue weighted by Crippen LogP contribution is -2.37. The van der Waals surface area contributed by atoms with Gasteiger partial charge in [0, 0.05) is 13.6 Å². The van der Waals surface area contributed by atoms with E-state index in [1.165, 1.54) is 0 Å². The number of hydrogen-bond acceptors (Lipinski definition) is 2. The van der Waals surface area contributed by atoms with Crippen molar-refractivity contribution >= 4 is 23.0 Å². The van der Waals surface area contributed by atoms with E-state index in [-0.39, 0.29) is 0 Å². The number of rotatable bonds is 2. The third-order valence-electron chi connectivity index (χ3n) is 2.02. The maximum Gasteiger partial charge on any atom is 0.173 e. The minimum atomic E-state index is 0.625. The van der Waals surface area contributed by atoms with Crippen LogP contribution in [0.4, 0.5) is 5.69 Å². The Labute approximate surface area is 95.3 Å². The van der Waals surface area contributed by atoms with Crippen LogP contribution >= 0.6 is 12.2 Å². The number of nitrogens with one attached hydrogen (secondary N) is 1. The molecule has 0 heterocycles. The van der Waals surface area contributed by atoms with Gasteiger partial charge in [-0.25, -0.2) is 0 Å². The van der Waals surface area contributed by atoms with Gasteiger partial charge in [0.2, 0.25) is 0 Å². The highest BCUT2D eigenvalue weighted by Gasteiger charge is 2.09. The lowest BCUT2D eigenvalue weighted by atomic mass is 10.2. The summed E-state index contributed by atoms with van der Waals surface area (Å²) in [4.78, 5) is 1.80. The van der Waals surface area contributed by atoms with Gasteiger partial charge in [0.25, 0.3) is 0 Å². The number of benzene rings is 1. The van der Waals surface area contributed by atoms with Crippen LogP contribution in [0.1, 0.15) is 12.5 Å². The first-order chi connectivity index (χ1) is 7.20. The van der Waals surface area contributed by atoms with Crippen LogP contribution in [0.2, 0.25) is 0 Å². The van der Waals surface area contributed by atoms with Crippen LogP contribution < -0.4 is 10.2 Å². The van der Waals surface area contributed by atoms with Crippen molar-refractivity contribution in [2.75, 3.05) is 18.5 Å². The van der Waals surface area contributed by atoms with Gasteiger partial charge in [0.05, 0.1) is 11.3 Å². The summed E-state index contributed by atoms with van der Waals surface area (Å²) < 4.78 is 0. The standard InChI is InChI=1S/C11H13N3S/c1-3-13-11(15)14(2)10-7-5-4-6-9(10)8-12/h4-7H,3H2,1-2H3,(H,13,15). The number of nitrogens with zero attached hydrogens (tertiary/aromatic N) is 2. The molecule has 0 fully saturated rings. The average Bonchev–Trinajstić information content (AvgIpc) is 2.28. The van der Waals surface area contributed by atoms with Crippen molar-refractivity contribution in [3.8, 4) is 6.07 Å². The first-order valence-electron chi connectivity index (χ1n) is 4.71. The molecule has 0 spiro atoms. The molecule has 78 valence electrons. The number of thiocarbonyl (C=S) groups is 1. The molecule has 0 saturated heterocycles. The minimum Gasteiger partial charge on any atom is -0.363 e. The molecule has 1 rings (SSSR count). The van der Waals surface area contributed by atoms with E-state index in [4.69, 9.17) is 17.5 Å². The summed E-state index contributed by atoms with van der Waals surface area (Å²) in [5.74, 6) is 0. The fourth-order valence-corrected chi connectivity index (χ4v) is 1.48. The zero-order valence-corrected chi connectivity index (χ0v) is 9.64. The molecule has 1 aromatic rings. The van der Waals surface area contributed by atoms with Gasteiger partial charge in [-0.3, -0.25) is 0 Å². The fraction of sp³-hybridized carbons (Fsp3) is 0.273. The van der Waals surface area contributed by atoms with Crippen molar-refractivity contribution < 1.29 is 0 Å². The molecule has 1 N–H and O–H groups in total. The van der Waals surface area contributed by atoms with E-state index in [2.05, 4.69) is 11.4 Å². The summed E-state index contributed by atoms with van der Waals surface area (Å²) in [5, 5.41) is 12.6. The minimum absolute atomic E-state index is 0.625. The van der Waals surface area contributed by atoms with Crippen LogP contribution in [-0.4, -0.2) is 18.7 Å². The van der Waals surface area contributed by atoms with Gasteiger partial charge in [-0.2, -0.15) is 5.26 Å². The van der Waals surface area contributed by atoms with Gasteiger partial charge in [0.1, 0.15) is 6.07 Å².